The Hall–Kier alpha value is -2.60. The van der Waals surface area contributed by atoms with E-state index in [2.05, 4.69) is 10.4 Å². The number of benzene rings is 1. The molecule has 0 fully saturated rings. The van der Waals surface area contributed by atoms with Gasteiger partial charge in [-0.3, -0.25) is 4.68 Å². The number of aromatic nitrogens is 2. The highest BCUT2D eigenvalue weighted by molar-refractivity contribution is 5.95. The number of rotatable bonds is 5. The first kappa shape index (κ1) is 13.4. The van der Waals surface area contributed by atoms with Crippen molar-refractivity contribution in [3.8, 4) is 0 Å². The average molecular weight is 285 g/mol. The lowest BCUT2D eigenvalue weighted by Crippen LogP contribution is -2.15. The van der Waals surface area contributed by atoms with Crippen molar-refractivity contribution in [1.29, 1.82) is 0 Å². The molecule has 3 rings (SSSR count). The van der Waals surface area contributed by atoms with E-state index in [-0.39, 0.29) is 5.76 Å². The van der Waals surface area contributed by atoms with Crippen molar-refractivity contribution in [1.82, 2.24) is 15.1 Å². The molecule has 0 atom stereocenters. The highest BCUT2D eigenvalue weighted by Crippen LogP contribution is 2.25. The molecule has 6 nitrogen and oxygen atoms in total. The van der Waals surface area contributed by atoms with Gasteiger partial charge in [0.2, 0.25) is 5.76 Å². The van der Waals surface area contributed by atoms with Crippen molar-refractivity contribution in [2.24, 2.45) is 7.05 Å². The Kier molecular flexibility index (Phi) is 3.45. The van der Waals surface area contributed by atoms with E-state index in [4.69, 9.17) is 4.42 Å². The molecule has 3 aromatic rings. The molecule has 0 bridgehead atoms. The van der Waals surface area contributed by atoms with Crippen molar-refractivity contribution in [2.45, 2.75) is 13.1 Å². The predicted octanol–water partition coefficient (Wildman–Crippen LogP) is 2.15. The van der Waals surface area contributed by atoms with Crippen molar-refractivity contribution in [3.05, 3.63) is 53.5 Å². The zero-order chi connectivity index (χ0) is 14.8. The van der Waals surface area contributed by atoms with Gasteiger partial charge in [0.05, 0.1) is 5.69 Å². The summed E-state index contributed by atoms with van der Waals surface area (Å²) in [6.07, 6.45) is 1.87. The molecule has 108 valence electrons. The smallest absolute Gasteiger partial charge is 0.372 e. The number of nitrogens with one attached hydrogen (secondary N) is 1. The highest BCUT2D eigenvalue weighted by atomic mass is 16.4. The van der Waals surface area contributed by atoms with Crippen LogP contribution in [0.4, 0.5) is 0 Å². The minimum absolute atomic E-state index is 0.00952. The lowest BCUT2D eigenvalue weighted by atomic mass is 10.1. The molecule has 0 saturated carbocycles. The lowest BCUT2D eigenvalue weighted by Gasteiger charge is -2.02. The summed E-state index contributed by atoms with van der Waals surface area (Å²) in [5, 5.41) is 17.5. The third kappa shape index (κ3) is 2.66. The minimum Gasteiger partial charge on any atom is -0.475 e. The maximum absolute atomic E-state index is 11.3. The molecule has 21 heavy (non-hydrogen) atoms. The van der Waals surface area contributed by atoms with E-state index in [1.807, 2.05) is 37.5 Å². The van der Waals surface area contributed by atoms with Crippen molar-refractivity contribution in [2.75, 3.05) is 0 Å². The number of carboxylic acid groups (broad SMARTS) is 1. The summed E-state index contributed by atoms with van der Waals surface area (Å²) in [7, 11) is 1.86. The fourth-order valence-electron chi connectivity index (χ4n) is 2.32. The molecule has 2 heterocycles. The van der Waals surface area contributed by atoms with Crippen LogP contribution in [0.3, 0.4) is 0 Å². The molecule has 2 N–H and O–H groups in total. The summed E-state index contributed by atoms with van der Waals surface area (Å²) < 4.78 is 7.14. The van der Waals surface area contributed by atoms with E-state index >= 15 is 0 Å². The van der Waals surface area contributed by atoms with Gasteiger partial charge in [0.1, 0.15) is 5.58 Å². The van der Waals surface area contributed by atoms with Crippen LogP contribution in [0.5, 0.6) is 0 Å². The van der Waals surface area contributed by atoms with Gasteiger partial charge in [-0.25, -0.2) is 4.79 Å². The number of hydrogen-bond acceptors (Lipinski definition) is 4. The minimum atomic E-state index is -1.05. The van der Waals surface area contributed by atoms with Gasteiger partial charge in [-0.2, -0.15) is 5.10 Å². The number of carbonyl (C=O) groups is 1. The second-order valence-corrected chi connectivity index (χ2v) is 4.80. The number of para-hydroxylation sites is 1. The van der Waals surface area contributed by atoms with E-state index in [9.17, 15) is 9.90 Å². The Bertz CT molecular complexity index is 788. The first-order valence-electron chi connectivity index (χ1n) is 6.58. The van der Waals surface area contributed by atoms with Gasteiger partial charge in [-0.1, -0.05) is 18.2 Å². The maximum atomic E-state index is 11.3. The van der Waals surface area contributed by atoms with Gasteiger partial charge in [0, 0.05) is 37.3 Å². The molecule has 0 saturated heterocycles. The van der Waals surface area contributed by atoms with Crippen LogP contribution in [0.15, 0.2) is 40.9 Å². The topological polar surface area (TPSA) is 80.3 Å². The van der Waals surface area contributed by atoms with E-state index in [0.29, 0.717) is 24.2 Å². The number of nitrogens with zero attached hydrogens (tertiary/aromatic N) is 2. The van der Waals surface area contributed by atoms with Gasteiger partial charge in [-0.15, -0.1) is 0 Å². The monoisotopic (exact) mass is 285 g/mol. The molecule has 0 amide bonds. The molecule has 0 spiro atoms. The molecule has 0 radical (unpaired) electrons. The molecule has 0 unspecified atom stereocenters. The molecule has 0 aliphatic rings. The predicted molar refractivity (Wildman–Crippen MR) is 76.9 cm³/mol. The van der Waals surface area contributed by atoms with Crippen LogP contribution in [0, 0.1) is 0 Å². The molecule has 0 aliphatic heterocycles. The van der Waals surface area contributed by atoms with E-state index < -0.39 is 5.97 Å². The van der Waals surface area contributed by atoms with Crippen LogP contribution in [0.1, 0.15) is 21.8 Å². The molecule has 2 aromatic heterocycles. The summed E-state index contributed by atoms with van der Waals surface area (Å²) in [6, 6.07) is 9.24. The lowest BCUT2D eigenvalue weighted by molar-refractivity contribution is 0.0663. The Morgan fingerprint density at radius 3 is 2.86 bits per heavy atom. The number of carboxylic acids is 1. The van der Waals surface area contributed by atoms with Crippen LogP contribution in [0.2, 0.25) is 0 Å². The largest absolute Gasteiger partial charge is 0.475 e. The van der Waals surface area contributed by atoms with E-state index in [1.54, 1.807) is 10.7 Å². The summed E-state index contributed by atoms with van der Waals surface area (Å²) >= 11 is 0. The Morgan fingerprint density at radius 2 is 2.14 bits per heavy atom. The quantitative estimate of drug-likeness (QED) is 0.751. The third-order valence-electron chi connectivity index (χ3n) is 3.27. The summed E-state index contributed by atoms with van der Waals surface area (Å²) in [4.78, 5) is 11.3. The van der Waals surface area contributed by atoms with Crippen LogP contribution in [0.25, 0.3) is 11.0 Å². The SMILES string of the molecule is Cn1ccc(CNCc2c(C(=O)O)oc3ccccc23)n1. The fraction of sp³-hybridized carbons (Fsp3) is 0.200. The van der Waals surface area contributed by atoms with Crippen molar-refractivity contribution < 1.29 is 14.3 Å². The molecular formula is C15H15N3O3. The number of fused-ring (bicyclic) bond motifs is 1. The van der Waals surface area contributed by atoms with Crippen LogP contribution < -0.4 is 5.32 Å². The second-order valence-electron chi connectivity index (χ2n) is 4.80. The van der Waals surface area contributed by atoms with Gasteiger partial charge in [-0.05, 0) is 12.1 Å². The molecule has 1 aromatic carbocycles. The van der Waals surface area contributed by atoms with Crippen molar-refractivity contribution in [3.63, 3.8) is 0 Å². The summed E-state index contributed by atoms with van der Waals surface area (Å²) in [6.45, 7) is 0.981. The van der Waals surface area contributed by atoms with Gasteiger partial charge >= 0.3 is 5.97 Å². The Balaban J connectivity index is 1.82. The van der Waals surface area contributed by atoms with Gasteiger partial charge < -0.3 is 14.8 Å². The summed E-state index contributed by atoms with van der Waals surface area (Å²) in [5.41, 5.74) is 2.15. The maximum Gasteiger partial charge on any atom is 0.372 e. The first-order chi connectivity index (χ1) is 10.1. The Labute approximate surface area is 121 Å². The van der Waals surface area contributed by atoms with Crippen LogP contribution >= 0.6 is 0 Å². The standard InChI is InChI=1S/C15H15N3O3/c1-18-7-6-10(17-18)8-16-9-12-11-4-2-3-5-13(11)21-14(12)15(19)20/h2-7,16H,8-9H2,1H3,(H,19,20). The second kappa shape index (κ2) is 5.41. The number of aryl methyl sites for hydroxylation is 1. The number of hydrogen-bond donors (Lipinski definition) is 2. The molecule has 0 aliphatic carbocycles. The van der Waals surface area contributed by atoms with Crippen LogP contribution in [-0.2, 0) is 20.1 Å². The van der Waals surface area contributed by atoms with E-state index in [0.717, 1.165) is 11.1 Å². The first-order valence-corrected chi connectivity index (χ1v) is 6.58. The summed E-state index contributed by atoms with van der Waals surface area (Å²) in [5.74, 6) is -1.06. The molecular weight excluding hydrogens is 270 g/mol. The number of aromatic carboxylic acids is 1. The van der Waals surface area contributed by atoms with Crippen LogP contribution in [-0.4, -0.2) is 20.9 Å². The highest BCUT2D eigenvalue weighted by Gasteiger charge is 2.19. The van der Waals surface area contributed by atoms with E-state index in [1.165, 1.54) is 0 Å². The van der Waals surface area contributed by atoms with Crippen molar-refractivity contribution >= 4 is 16.9 Å². The third-order valence-corrected chi connectivity index (χ3v) is 3.27. The van der Waals surface area contributed by atoms with Gasteiger partial charge in [0.15, 0.2) is 0 Å². The Morgan fingerprint density at radius 1 is 1.33 bits per heavy atom. The fourth-order valence-corrected chi connectivity index (χ4v) is 2.32. The zero-order valence-electron chi connectivity index (χ0n) is 11.5. The number of furan rings is 1. The van der Waals surface area contributed by atoms with Gasteiger partial charge in [0.25, 0.3) is 0 Å². The average Bonchev–Trinajstić information content (AvgIpc) is 3.03. The molecule has 6 heteroatoms. The zero-order valence-corrected chi connectivity index (χ0v) is 11.5. The normalized spacial score (nSPS) is 11.1.